The molecule has 0 radical (unpaired) electrons. The summed E-state index contributed by atoms with van der Waals surface area (Å²) in [6.45, 7) is 2.63. The zero-order valence-electron chi connectivity index (χ0n) is 14.6. The van der Waals surface area contributed by atoms with Crippen molar-refractivity contribution in [1.29, 1.82) is 0 Å². The molecule has 0 fully saturated rings. The van der Waals surface area contributed by atoms with E-state index in [2.05, 4.69) is 13.8 Å². The van der Waals surface area contributed by atoms with E-state index in [1.54, 1.807) is 0 Å². The second-order valence-corrected chi connectivity index (χ2v) is 14.2. The standard InChI is InChI=1S/C18H38Cl2Si/c1-3-5-7-9-11-13-15-17-21(19,20)18-16-14-12-10-8-6-4-2/h3-18H2,1-2H3. The van der Waals surface area contributed by atoms with E-state index in [0.717, 1.165) is 12.1 Å². The van der Waals surface area contributed by atoms with Gasteiger partial charge in [0, 0.05) is 0 Å². The molecule has 0 rings (SSSR count). The normalized spacial score (nSPS) is 12.0. The summed E-state index contributed by atoms with van der Waals surface area (Å²) in [7, 11) is 0. The molecule has 0 aliphatic rings. The quantitative estimate of drug-likeness (QED) is 0.148. The molecule has 0 N–H and O–H groups in total. The number of rotatable bonds is 16. The lowest BCUT2D eigenvalue weighted by Gasteiger charge is -2.16. The van der Waals surface area contributed by atoms with Crippen LogP contribution in [0.5, 0.6) is 0 Å². The first kappa shape index (κ1) is 21.8. The van der Waals surface area contributed by atoms with E-state index in [1.165, 1.54) is 89.9 Å². The van der Waals surface area contributed by atoms with Crippen molar-refractivity contribution in [2.45, 2.75) is 116 Å². The third kappa shape index (κ3) is 17.0. The molecule has 0 heterocycles. The molecular formula is C18H38Cl2Si. The van der Waals surface area contributed by atoms with Crippen molar-refractivity contribution < 1.29 is 0 Å². The van der Waals surface area contributed by atoms with Crippen LogP contribution in [0.3, 0.4) is 0 Å². The predicted octanol–water partition coefficient (Wildman–Crippen LogP) is 8.41. The van der Waals surface area contributed by atoms with Gasteiger partial charge in [-0.25, -0.2) is 0 Å². The maximum absolute atomic E-state index is 6.57. The van der Waals surface area contributed by atoms with Gasteiger partial charge in [-0.05, 0) is 12.1 Å². The summed E-state index contributed by atoms with van der Waals surface area (Å²) in [6.07, 6.45) is 18.9. The van der Waals surface area contributed by atoms with Crippen LogP contribution in [0.25, 0.3) is 0 Å². The van der Waals surface area contributed by atoms with Gasteiger partial charge in [0.1, 0.15) is 0 Å². The van der Waals surface area contributed by atoms with E-state index in [9.17, 15) is 0 Å². The van der Waals surface area contributed by atoms with Gasteiger partial charge in [-0.3, -0.25) is 0 Å². The van der Waals surface area contributed by atoms with Crippen LogP contribution in [0.4, 0.5) is 0 Å². The first-order valence-electron chi connectivity index (χ1n) is 9.50. The molecule has 0 bridgehead atoms. The Hall–Kier alpha value is 0.797. The summed E-state index contributed by atoms with van der Waals surface area (Å²) >= 11 is 13.1. The summed E-state index contributed by atoms with van der Waals surface area (Å²) in [5.74, 6) is 0. The van der Waals surface area contributed by atoms with Gasteiger partial charge in [-0.2, -0.15) is 0 Å². The van der Waals surface area contributed by atoms with E-state index in [4.69, 9.17) is 22.2 Å². The molecule has 0 unspecified atom stereocenters. The summed E-state index contributed by atoms with van der Waals surface area (Å²) in [5.41, 5.74) is 0. The summed E-state index contributed by atoms with van der Waals surface area (Å²) in [5, 5.41) is 0. The lowest BCUT2D eigenvalue weighted by atomic mass is 10.1. The first-order valence-corrected chi connectivity index (χ1v) is 13.9. The molecule has 0 aromatic heterocycles. The van der Waals surface area contributed by atoms with Crippen molar-refractivity contribution in [3.05, 3.63) is 0 Å². The minimum Gasteiger partial charge on any atom is -0.146 e. The van der Waals surface area contributed by atoms with Crippen molar-refractivity contribution in [1.82, 2.24) is 0 Å². The number of unbranched alkanes of at least 4 members (excludes halogenated alkanes) is 12. The minimum atomic E-state index is -1.91. The van der Waals surface area contributed by atoms with E-state index in [0.29, 0.717) is 0 Å². The topological polar surface area (TPSA) is 0 Å². The molecule has 0 spiro atoms. The lowest BCUT2D eigenvalue weighted by molar-refractivity contribution is 0.596. The summed E-state index contributed by atoms with van der Waals surface area (Å²) in [4.78, 5) is 0. The second-order valence-electron chi connectivity index (χ2n) is 6.60. The molecule has 0 aliphatic heterocycles. The highest BCUT2D eigenvalue weighted by Crippen LogP contribution is 2.30. The fourth-order valence-electron chi connectivity index (χ4n) is 2.81. The van der Waals surface area contributed by atoms with Crippen molar-refractivity contribution in [3.63, 3.8) is 0 Å². The molecule has 0 saturated heterocycles. The zero-order chi connectivity index (χ0) is 15.8. The van der Waals surface area contributed by atoms with Gasteiger partial charge in [-0.1, -0.05) is 104 Å². The summed E-state index contributed by atoms with van der Waals surface area (Å²) < 4.78 is 0. The molecule has 0 saturated carbocycles. The largest absolute Gasteiger partial charge is 0.251 e. The zero-order valence-corrected chi connectivity index (χ0v) is 17.1. The number of halogens is 2. The van der Waals surface area contributed by atoms with Crippen LogP contribution in [0.1, 0.15) is 104 Å². The smallest absolute Gasteiger partial charge is 0.146 e. The Labute approximate surface area is 144 Å². The average Bonchev–Trinajstić information content (AvgIpc) is 2.45. The molecule has 0 aromatic rings. The Morgan fingerprint density at radius 1 is 0.476 bits per heavy atom. The molecule has 0 aliphatic carbocycles. The Balaban J connectivity index is 3.35. The average molecular weight is 353 g/mol. The monoisotopic (exact) mass is 352 g/mol. The first-order chi connectivity index (χ1) is 10.1. The van der Waals surface area contributed by atoms with E-state index in [-0.39, 0.29) is 0 Å². The van der Waals surface area contributed by atoms with Crippen molar-refractivity contribution in [2.75, 3.05) is 0 Å². The Kier molecular flexibility index (Phi) is 16.3. The van der Waals surface area contributed by atoms with Gasteiger partial charge in [0.25, 0.3) is 6.69 Å². The highest BCUT2D eigenvalue weighted by Gasteiger charge is 2.26. The fraction of sp³-hybridized carbons (Fsp3) is 1.00. The van der Waals surface area contributed by atoms with Gasteiger partial charge in [0.2, 0.25) is 0 Å². The third-order valence-electron chi connectivity index (χ3n) is 4.29. The number of hydrogen-bond donors (Lipinski definition) is 0. The van der Waals surface area contributed by atoms with Gasteiger partial charge >= 0.3 is 0 Å². The fourth-order valence-corrected chi connectivity index (χ4v) is 6.19. The molecule has 0 atom stereocenters. The Morgan fingerprint density at radius 2 is 0.762 bits per heavy atom. The molecule has 3 heteroatoms. The van der Waals surface area contributed by atoms with E-state index in [1.807, 2.05) is 0 Å². The lowest BCUT2D eigenvalue weighted by Crippen LogP contribution is -2.18. The molecule has 0 amide bonds. The van der Waals surface area contributed by atoms with Gasteiger partial charge in [-0.15, -0.1) is 22.2 Å². The molecule has 0 nitrogen and oxygen atoms in total. The Morgan fingerprint density at radius 3 is 1.10 bits per heavy atom. The number of hydrogen-bond acceptors (Lipinski definition) is 0. The predicted molar refractivity (Wildman–Crippen MR) is 103 cm³/mol. The van der Waals surface area contributed by atoms with E-state index >= 15 is 0 Å². The molecule has 0 aromatic carbocycles. The second kappa shape index (κ2) is 15.7. The van der Waals surface area contributed by atoms with E-state index < -0.39 is 6.69 Å². The van der Waals surface area contributed by atoms with Crippen LogP contribution >= 0.6 is 22.2 Å². The van der Waals surface area contributed by atoms with Crippen molar-refractivity contribution in [3.8, 4) is 0 Å². The van der Waals surface area contributed by atoms with Crippen LogP contribution in [0, 0.1) is 0 Å². The van der Waals surface area contributed by atoms with Crippen LogP contribution in [-0.4, -0.2) is 6.69 Å². The summed E-state index contributed by atoms with van der Waals surface area (Å²) in [6, 6.07) is 2.22. The highest BCUT2D eigenvalue weighted by atomic mass is 35.7. The van der Waals surface area contributed by atoms with Gasteiger partial charge in [0.05, 0.1) is 0 Å². The SMILES string of the molecule is CCCCCCCCC[Si](Cl)(Cl)CCCCCCCCC. The highest BCUT2D eigenvalue weighted by molar-refractivity contribution is 7.45. The van der Waals surface area contributed by atoms with Gasteiger partial charge < -0.3 is 0 Å². The third-order valence-corrected chi connectivity index (χ3v) is 8.73. The molecule has 21 heavy (non-hydrogen) atoms. The maximum atomic E-state index is 6.57. The van der Waals surface area contributed by atoms with Crippen LogP contribution < -0.4 is 0 Å². The minimum absolute atomic E-state index is 1.11. The maximum Gasteiger partial charge on any atom is 0.251 e. The molecular weight excluding hydrogens is 315 g/mol. The van der Waals surface area contributed by atoms with Crippen LogP contribution in [-0.2, 0) is 0 Å². The van der Waals surface area contributed by atoms with Crippen molar-refractivity contribution in [2.24, 2.45) is 0 Å². The van der Waals surface area contributed by atoms with Crippen LogP contribution in [0.2, 0.25) is 12.1 Å². The van der Waals surface area contributed by atoms with Crippen molar-refractivity contribution >= 4 is 28.9 Å². The molecule has 128 valence electrons. The Bertz CT molecular complexity index is 187. The van der Waals surface area contributed by atoms with Gasteiger partial charge in [0.15, 0.2) is 0 Å². The van der Waals surface area contributed by atoms with Crippen LogP contribution in [0.15, 0.2) is 0 Å².